The first-order chi connectivity index (χ1) is 12.9. The molecular formula is C19H20F3N5. The average molecular weight is 375 g/mol. The van der Waals surface area contributed by atoms with Gasteiger partial charge in [-0.25, -0.2) is 9.50 Å². The highest BCUT2D eigenvalue weighted by molar-refractivity contribution is 5.69. The number of benzene rings is 1. The molecule has 0 saturated carbocycles. The van der Waals surface area contributed by atoms with Crippen LogP contribution < -0.4 is 4.90 Å². The Morgan fingerprint density at radius 2 is 1.85 bits per heavy atom. The van der Waals surface area contributed by atoms with Gasteiger partial charge in [-0.05, 0) is 24.6 Å². The second-order valence-corrected chi connectivity index (χ2v) is 6.83. The van der Waals surface area contributed by atoms with E-state index < -0.39 is 11.7 Å². The molecule has 1 saturated heterocycles. The van der Waals surface area contributed by atoms with Gasteiger partial charge in [-0.2, -0.15) is 18.3 Å². The minimum absolute atomic E-state index is 0.515. The van der Waals surface area contributed by atoms with Gasteiger partial charge in [-0.3, -0.25) is 4.90 Å². The predicted molar refractivity (Wildman–Crippen MR) is 96.7 cm³/mol. The zero-order chi connectivity index (χ0) is 19.0. The summed E-state index contributed by atoms with van der Waals surface area (Å²) < 4.78 is 40.5. The Balaban J connectivity index is 1.43. The minimum atomic E-state index is -4.30. The minimum Gasteiger partial charge on any atom is -0.352 e. The molecule has 0 bridgehead atoms. The first-order valence-electron chi connectivity index (χ1n) is 8.84. The third-order valence-corrected chi connectivity index (χ3v) is 4.82. The average Bonchev–Trinajstić information content (AvgIpc) is 3.02. The van der Waals surface area contributed by atoms with Crippen molar-refractivity contribution < 1.29 is 13.2 Å². The molecule has 3 heterocycles. The molecule has 1 aliphatic heterocycles. The highest BCUT2D eigenvalue weighted by Crippen LogP contribution is 2.30. The fraction of sp³-hybridized carbons (Fsp3) is 0.368. The Labute approximate surface area is 155 Å². The molecule has 0 amide bonds. The Kier molecular flexibility index (Phi) is 4.51. The SMILES string of the molecule is Cc1cc2c(N3CCN(Cc4cccc(C(F)(F)F)c4)CC3)nccn2n1. The van der Waals surface area contributed by atoms with Gasteiger partial charge in [0.25, 0.3) is 0 Å². The number of hydrogen-bond donors (Lipinski definition) is 0. The molecule has 0 N–H and O–H groups in total. The van der Waals surface area contributed by atoms with Crippen molar-refractivity contribution in [3.8, 4) is 0 Å². The van der Waals surface area contributed by atoms with E-state index in [1.165, 1.54) is 12.1 Å². The third kappa shape index (κ3) is 3.75. The van der Waals surface area contributed by atoms with E-state index in [0.29, 0.717) is 12.1 Å². The van der Waals surface area contributed by atoms with Crippen molar-refractivity contribution in [1.29, 1.82) is 0 Å². The smallest absolute Gasteiger partial charge is 0.352 e. The van der Waals surface area contributed by atoms with Crippen LogP contribution in [0, 0.1) is 6.92 Å². The Bertz CT molecular complexity index is 942. The molecule has 0 radical (unpaired) electrons. The number of fused-ring (bicyclic) bond motifs is 1. The summed E-state index contributed by atoms with van der Waals surface area (Å²) in [5.41, 5.74) is 2.00. The molecule has 5 nitrogen and oxygen atoms in total. The maximum absolute atomic E-state index is 12.9. The molecule has 1 fully saturated rings. The van der Waals surface area contributed by atoms with Crippen LogP contribution in [0.2, 0.25) is 0 Å². The van der Waals surface area contributed by atoms with Gasteiger partial charge in [0.2, 0.25) is 0 Å². The van der Waals surface area contributed by atoms with Crippen molar-refractivity contribution in [1.82, 2.24) is 19.5 Å². The molecule has 142 valence electrons. The normalized spacial score (nSPS) is 16.2. The summed E-state index contributed by atoms with van der Waals surface area (Å²) in [6.07, 6.45) is -0.734. The van der Waals surface area contributed by atoms with Crippen molar-refractivity contribution >= 4 is 11.3 Å². The lowest BCUT2D eigenvalue weighted by atomic mass is 10.1. The number of nitrogens with zero attached hydrogens (tertiary/aromatic N) is 5. The van der Waals surface area contributed by atoms with E-state index in [-0.39, 0.29) is 0 Å². The molecule has 0 spiro atoms. The Morgan fingerprint density at radius 3 is 2.59 bits per heavy atom. The van der Waals surface area contributed by atoms with Gasteiger partial charge in [-0.15, -0.1) is 0 Å². The van der Waals surface area contributed by atoms with E-state index in [4.69, 9.17) is 0 Å². The largest absolute Gasteiger partial charge is 0.416 e. The van der Waals surface area contributed by atoms with Crippen LogP contribution in [0.25, 0.3) is 5.52 Å². The lowest BCUT2D eigenvalue weighted by Crippen LogP contribution is -2.46. The van der Waals surface area contributed by atoms with Gasteiger partial charge in [0.15, 0.2) is 5.82 Å². The molecule has 0 aliphatic carbocycles. The third-order valence-electron chi connectivity index (χ3n) is 4.82. The first kappa shape index (κ1) is 17.8. The van der Waals surface area contributed by atoms with E-state index in [0.717, 1.165) is 49.3 Å². The summed E-state index contributed by atoms with van der Waals surface area (Å²) in [7, 11) is 0. The number of rotatable bonds is 3. The summed E-state index contributed by atoms with van der Waals surface area (Å²) in [5.74, 6) is 0.900. The summed E-state index contributed by atoms with van der Waals surface area (Å²) in [6.45, 7) is 5.55. The highest BCUT2D eigenvalue weighted by atomic mass is 19.4. The monoisotopic (exact) mass is 375 g/mol. The van der Waals surface area contributed by atoms with Gasteiger partial charge >= 0.3 is 6.18 Å². The molecule has 4 rings (SSSR count). The second-order valence-electron chi connectivity index (χ2n) is 6.83. The molecular weight excluding hydrogens is 355 g/mol. The molecule has 8 heteroatoms. The fourth-order valence-electron chi connectivity index (χ4n) is 3.50. The molecule has 27 heavy (non-hydrogen) atoms. The van der Waals surface area contributed by atoms with Crippen LogP contribution in [-0.2, 0) is 12.7 Å². The Morgan fingerprint density at radius 1 is 1.07 bits per heavy atom. The predicted octanol–water partition coefficient (Wildman–Crippen LogP) is 3.38. The summed E-state index contributed by atoms with van der Waals surface area (Å²) in [5, 5.41) is 4.42. The molecule has 0 atom stereocenters. The molecule has 2 aromatic heterocycles. The highest BCUT2D eigenvalue weighted by Gasteiger charge is 2.30. The van der Waals surface area contributed by atoms with Crippen LogP contribution in [0.5, 0.6) is 0 Å². The van der Waals surface area contributed by atoms with E-state index >= 15 is 0 Å². The number of piperazine rings is 1. The first-order valence-corrected chi connectivity index (χ1v) is 8.84. The lowest BCUT2D eigenvalue weighted by Gasteiger charge is -2.35. The van der Waals surface area contributed by atoms with Crippen molar-refractivity contribution in [2.24, 2.45) is 0 Å². The summed E-state index contributed by atoms with van der Waals surface area (Å²) in [6, 6.07) is 7.59. The lowest BCUT2D eigenvalue weighted by molar-refractivity contribution is -0.137. The fourth-order valence-corrected chi connectivity index (χ4v) is 3.50. The summed E-state index contributed by atoms with van der Waals surface area (Å²) >= 11 is 0. The van der Waals surface area contributed by atoms with Crippen LogP contribution in [0.3, 0.4) is 0 Å². The van der Waals surface area contributed by atoms with Crippen molar-refractivity contribution in [2.45, 2.75) is 19.6 Å². The van der Waals surface area contributed by atoms with Gasteiger partial charge in [0, 0.05) is 45.1 Å². The van der Waals surface area contributed by atoms with Gasteiger partial charge in [0.05, 0.1) is 11.3 Å². The van der Waals surface area contributed by atoms with Gasteiger partial charge < -0.3 is 4.90 Å². The van der Waals surface area contributed by atoms with Crippen LogP contribution in [0.4, 0.5) is 19.0 Å². The number of halogens is 3. The van der Waals surface area contributed by atoms with Crippen molar-refractivity contribution in [3.05, 3.63) is 59.5 Å². The number of hydrogen-bond acceptors (Lipinski definition) is 4. The number of aryl methyl sites for hydroxylation is 1. The van der Waals surface area contributed by atoms with Crippen LogP contribution in [-0.4, -0.2) is 45.7 Å². The molecule has 0 unspecified atom stereocenters. The van der Waals surface area contributed by atoms with Crippen molar-refractivity contribution in [3.63, 3.8) is 0 Å². The van der Waals surface area contributed by atoms with Crippen LogP contribution >= 0.6 is 0 Å². The van der Waals surface area contributed by atoms with E-state index in [1.807, 2.05) is 23.7 Å². The number of aromatic nitrogens is 3. The van der Waals surface area contributed by atoms with Gasteiger partial charge in [-0.1, -0.05) is 18.2 Å². The van der Waals surface area contributed by atoms with E-state index in [1.54, 1.807) is 12.3 Å². The molecule has 1 aliphatic rings. The zero-order valence-corrected chi connectivity index (χ0v) is 14.9. The number of alkyl halides is 3. The quantitative estimate of drug-likeness (QED) is 0.703. The molecule has 3 aromatic rings. The van der Waals surface area contributed by atoms with E-state index in [9.17, 15) is 13.2 Å². The summed E-state index contributed by atoms with van der Waals surface area (Å²) in [4.78, 5) is 8.89. The van der Waals surface area contributed by atoms with Gasteiger partial charge in [0.1, 0.15) is 5.52 Å². The second kappa shape index (κ2) is 6.84. The zero-order valence-electron chi connectivity index (χ0n) is 14.9. The standard InChI is InChI=1S/C19H20F3N5/c1-14-11-17-18(23-5-6-27(17)24-14)26-9-7-25(8-10-26)13-15-3-2-4-16(12-15)19(20,21)22/h2-6,11-12H,7-10,13H2,1H3. The van der Waals surface area contributed by atoms with Crippen LogP contribution in [0.1, 0.15) is 16.8 Å². The maximum Gasteiger partial charge on any atom is 0.416 e. The number of anilines is 1. The molecule has 1 aromatic carbocycles. The van der Waals surface area contributed by atoms with Crippen LogP contribution in [0.15, 0.2) is 42.7 Å². The van der Waals surface area contributed by atoms with Crippen molar-refractivity contribution in [2.75, 3.05) is 31.1 Å². The topological polar surface area (TPSA) is 36.7 Å². The maximum atomic E-state index is 12.9. The van der Waals surface area contributed by atoms with E-state index in [2.05, 4.69) is 19.9 Å². The Hall–Kier alpha value is -2.61.